The predicted molar refractivity (Wildman–Crippen MR) is 57.8 cm³/mol. The fourth-order valence-electron chi connectivity index (χ4n) is 1.77. The number of methoxy groups -OCH3 is 1. The number of hydrogen-bond acceptors (Lipinski definition) is 5. The van der Waals surface area contributed by atoms with Crippen molar-refractivity contribution < 1.29 is 4.74 Å². The van der Waals surface area contributed by atoms with Crippen molar-refractivity contribution in [3.63, 3.8) is 0 Å². The highest BCUT2D eigenvalue weighted by atomic mass is 16.5. The summed E-state index contributed by atoms with van der Waals surface area (Å²) in [5.74, 6) is 0.859. The molecular weight excluding hydrogens is 192 g/mol. The lowest BCUT2D eigenvalue weighted by atomic mass is 10.2. The Morgan fingerprint density at radius 2 is 2.33 bits per heavy atom. The van der Waals surface area contributed by atoms with Gasteiger partial charge in [0.1, 0.15) is 12.1 Å². The number of anilines is 1. The lowest BCUT2D eigenvalue weighted by molar-refractivity contribution is 0.111. The van der Waals surface area contributed by atoms with Crippen LogP contribution in [-0.4, -0.2) is 42.3 Å². The van der Waals surface area contributed by atoms with Crippen LogP contribution in [0.25, 0.3) is 0 Å². The van der Waals surface area contributed by atoms with E-state index in [-0.39, 0.29) is 12.1 Å². The molecule has 1 aliphatic heterocycles. The summed E-state index contributed by atoms with van der Waals surface area (Å²) in [4.78, 5) is 8.22. The lowest BCUT2D eigenvalue weighted by Crippen LogP contribution is -2.33. The Morgan fingerprint density at radius 3 is 3.07 bits per heavy atom. The topological polar surface area (TPSA) is 59.1 Å². The number of nitrogens with one attached hydrogen (secondary N) is 2. The standard InChI is InChI=1S/C10H16N4O/c1-7-3-10(13-6-12-7)14-8-4-11-5-9(8)15-2/h3,6,8-9,11H,4-5H2,1-2H3,(H,12,13,14)/t8?,9-/m0/s1. The molecule has 1 saturated heterocycles. The molecule has 1 aromatic rings. The van der Waals surface area contributed by atoms with Crippen LogP contribution in [0.15, 0.2) is 12.4 Å². The van der Waals surface area contributed by atoms with Crippen LogP contribution in [0.5, 0.6) is 0 Å². The van der Waals surface area contributed by atoms with Crippen molar-refractivity contribution in [2.75, 3.05) is 25.5 Å². The quantitative estimate of drug-likeness (QED) is 0.742. The van der Waals surface area contributed by atoms with E-state index >= 15 is 0 Å². The average Bonchev–Trinajstić information content (AvgIpc) is 2.65. The first-order valence-electron chi connectivity index (χ1n) is 5.08. The zero-order valence-corrected chi connectivity index (χ0v) is 9.03. The first-order chi connectivity index (χ1) is 7.29. The summed E-state index contributed by atoms with van der Waals surface area (Å²) in [6, 6.07) is 2.22. The molecule has 1 aromatic heterocycles. The highest BCUT2D eigenvalue weighted by molar-refractivity contribution is 5.36. The Hall–Kier alpha value is -1.20. The first kappa shape index (κ1) is 10.3. The van der Waals surface area contributed by atoms with Crippen molar-refractivity contribution in [1.82, 2.24) is 15.3 Å². The predicted octanol–water partition coefficient (Wildman–Crippen LogP) is 0.184. The molecule has 0 radical (unpaired) electrons. The van der Waals surface area contributed by atoms with Crippen molar-refractivity contribution >= 4 is 5.82 Å². The van der Waals surface area contributed by atoms with Crippen molar-refractivity contribution in [3.8, 4) is 0 Å². The highest BCUT2D eigenvalue weighted by Gasteiger charge is 2.26. The third-order valence-corrected chi connectivity index (χ3v) is 2.60. The molecule has 5 nitrogen and oxygen atoms in total. The van der Waals surface area contributed by atoms with E-state index in [0.717, 1.165) is 24.6 Å². The van der Waals surface area contributed by atoms with E-state index in [4.69, 9.17) is 4.74 Å². The van der Waals surface area contributed by atoms with Crippen LogP contribution >= 0.6 is 0 Å². The Bertz CT molecular complexity index is 331. The number of hydrogen-bond donors (Lipinski definition) is 2. The molecule has 2 heterocycles. The van der Waals surface area contributed by atoms with E-state index in [1.165, 1.54) is 0 Å². The van der Waals surface area contributed by atoms with Gasteiger partial charge in [0.25, 0.3) is 0 Å². The van der Waals surface area contributed by atoms with Gasteiger partial charge in [0.15, 0.2) is 0 Å². The normalized spacial score (nSPS) is 25.5. The first-order valence-corrected chi connectivity index (χ1v) is 5.08. The largest absolute Gasteiger partial charge is 0.378 e. The van der Waals surface area contributed by atoms with Gasteiger partial charge >= 0.3 is 0 Å². The van der Waals surface area contributed by atoms with Gasteiger partial charge < -0.3 is 15.4 Å². The van der Waals surface area contributed by atoms with Gasteiger partial charge in [-0.3, -0.25) is 0 Å². The fourth-order valence-corrected chi connectivity index (χ4v) is 1.77. The molecule has 2 atom stereocenters. The van der Waals surface area contributed by atoms with E-state index in [9.17, 15) is 0 Å². The molecule has 0 aliphatic carbocycles. The summed E-state index contributed by atoms with van der Waals surface area (Å²) in [7, 11) is 1.73. The minimum Gasteiger partial charge on any atom is -0.378 e. The zero-order valence-electron chi connectivity index (χ0n) is 9.03. The van der Waals surface area contributed by atoms with Gasteiger partial charge in [-0.05, 0) is 6.92 Å². The van der Waals surface area contributed by atoms with Gasteiger partial charge in [0.2, 0.25) is 0 Å². The number of nitrogens with zero attached hydrogens (tertiary/aromatic N) is 2. The molecule has 0 bridgehead atoms. The van der Waals surface area contributed by atoms with Crippen molar-refractivity contribution in [1.29, 1.82) is 0 Å². The molecule has 15 heavy (non-hydrogen) atoms. The number of aryl methyl sites for hydroxylation is 1. The monoisotopic (exact) mass is 208 g/mol. The van der Waals surface area contributed by atoms with Gasteiger partial charge in [-0.15, -0.1) is 0 Å². The van der Waals surface area contributed by atoms with E-state index in [0.29, 0.717) is 0 Å². The summed E-state index contributed by atoms with van der Waals surface area (Å²) >= 11 is 0. The maximum absolute atomic E-state index is 5.36. The van der Waals surface area contributed by atoms with Gasteiger partial charge in [-0.2, -0.15) is 0 Å². The van der Waals surface area contributed by atoms with Crippen LogP contribution in [0.3, 0.4) is 0 Å². The van der Waals surface area contributed by atoms with E-state index in [1.54, 1.807) is 13.4 Å². The van der Waals surface area contributed by atoms with Crippen LogP contribution < -0.4 is 10.6 Å². The highest BCUT2D eigenvalue weighted by Crippen LogP contribution is 2.11. The van der Waals surface area contributed by atoms with E-state index in [1.807, 2.05) is 13.0 Å². The summed E-state index contributed by atoms with van der Waals surface area (Å²) in [5.41, 5.74) is 0.965. The van der Waals surface area contributed by atoms with Gasteiger partial charge in [0, 0.05) is 32.0 Å². The molecule has 1 unspecified atom stereocenters. The maximum Gasteiger partial charge on any atom is 0.129 e. The average molecular weight is 208 g/mol. The van der Waals surface area contributed by atoms with Crippen LogP contribution in [0, 0.1) is 6.92 Å². The van der Waals surface area contributed by atoms with Crippen LogP contribution in [-0.2, 0) is 4.74 Å². The Balaban J connectivity index is 2.02. The van der Waals surface area contributed by atoms with Crippen molar-refractivity contribution in [3.05, 3.63) is 18.1 Å². The SMILES string of the molecule is CO[C@H]1CNCC1Nc1cc(C)ncn1. The van der Waals surface area contributed by atoms with Crippen molar-refractivity contribution in [2.45, 2.75) is 19.1 Å². The summed E-state index contributed by atoms with van der Waals surface area (Å²) in [6.07, 6.45) is 1.78. The molecule has 0 spiro atoms. The second-order valence-corrected chi connectivity index (χ2v) is 3.73. The molecule has 2 N–H and O–H groups in total. The minimum absolute atomic E-state index is 0.209. The van der Waals surface area contributed by atoms with Crippen LogP contribution in [0.4, 0.5) is 5.82 Å². The third kappa shape index (κ3) is 2.43. The molecule has 1 fully saturated rings. The zero-order chi connectivity index (χ0) is 10.7. The number of rotatable bonds is 3. The van der Waals surface area contributed by atoms with Gasteiger partial charge in [0.05, 0.1) is 12.1 Å². The second-order valence-electron chi connectivity index (χ2n) is 3.73. The molecule has 2 rings (SSSR count). The van der Waals surface area contributed by atoms with Crippen molar-refractivity contribution in [2.24, 2.45) is 0 Å². The second kappa shape index (κ2) is 4.55. The van der Waals surface area contributed by atoms with E-state index < -0.39 is 0 Å². The molecule has 5 heteroatoms. The molecular formula is C10H16N4O. The smallest absolute Gasteiger partial charge is 0.129 e. The summed E-state index contributed by atoms with van der Waals surface area (Å²) < 4.78 is 5.36. The lowest BCUT2D eigenvalue weighted by Gasteiger charge is -2.18. The summed E-state index contributed by atoms with van der Waals surface area (Å²) in [6.45, 7) is 3.74. The maximum atomic E-state index is 5.36. The number of aromatic nitrogens is 2. The van der Waals surface area contributed by atoms with Gasteiger partial charge in [-0.25, -0.2) is 9.97 Å². The van der Waals surface area contributed by atoms with Crippen LogP contribution in [0.2, 0.25) is 0 Å². The van der Waals surface area contributed by atoms with Gasteiger partial charge in [-0.1, -0.05) is 0 Å². The molecule has 0 saturated carbocycles. The Labute approximate surface area is 89.3 Å². The fraction of sp³-hybridized carbons (Fsp3) is 0.600. The number of ether oxygens (including phenoxy) is 1. The van der Waals surface area contributed by atoms with E-state index in [2.05, 4.69) is 20.6 Å². The molecule has 0 aromatic carbocycles. The summed E-state index contributed by atoms with van der Waals surface area (Å²) in [5, 5.41) is 6.62. The Kier molecular flexibility index (Phi) is 3.13. The minimum atomic E-state index is 0.209. The molecule has 82 valence electrons. The third-order valence-electron chi connectivity index (χ3n) is 2.60. The van der Waals surface area contributed by atoms with Crippen LogP contribution in [0.1, 0.15) is 5.69 Å². The Morgan fingerprint density at radius 1 is 1.47 bits per heavy atom. The molecule has 0 amide bonds. The molecule has 1 aliphatic rings.